The van der Waals surface area contributed by atoms with Crippen molar-refractivity contribution in [1.29, 1.82) is 21.0 Å². The molecular formula is C111H54N14. The van der Waals surface area contributed by atoms with Crippen LogP contribution in [0.1, 0.15) is 44.5 Å². The quantitative estimate of drug-likeness (QED) is 0.146. The topological polar surface area (TPSA) is 142 Å². The van der Waals surface area contributed by atoms with Crippen LogP contribution in [-0.4, -0.2) is 27.4 Å². The minimum atomic E-state index is -0.992. The molecule has 0 amide bonds. The first-order valence-electron chi connectivity index (χ1n) is 40.8. The molecule has 23 aromatic rings. The van der Waals surface area contributed by atoms with Crippen LogP contribution in [-0.2, 0) is 5.41 Å². The highest BCUT2D eigenvalue weighted by molar-refractivity contribution is 6.19. The second-order valence-corrected chi connectivity index (χ2v) is 32.3. The number of rotatable bonds is 7. The molecule has 6 aromatic heterocycles. The van der Waals surface area contributed by atoms with Gasteiger partial charge in [-0.1, -0.05) is 115 Å². The van der Waals surface area contributed by atoms with Crippen molar-refractivity contribution in [2.24, 2.45) is 0 Å². The average molecular weight is 1580 g/mol. The van der Waals surface area contributed by atoms with E-state index in [1.165, 1.54) is 0 Å². The van der Waals surface area contributed by atoms with E-state index in [2.05, 4.69) is 253 Å². The van der Waals surface area contributed by atoms with E-state index >= 15 is 0 Å². The summed E-state index contributed by atoms with van der Waals surface area (Å²) in [7, 11) is 0. The van der Waals surface area contributed by atoms with Gasteiger partial charge < -0.3 is 27.4 Å². The summed E-state index contributed by atoms with van der Waals surface area (Å²) in [5.74, 6) is 0. The van der Waals surface area contributed by atoms with Gasteiger partial charge in [0, 0.05) is 71.5 Å². The molecule has 1 spiro atoms. The van der Waals surface area contributed by atoms with Crippen molar-refractivity contribution in [3.8, 4) is 91.8 Å². The predicted octanol–water partition coefficient (Wildman–Crippen LogP) is 28.0. The lowest BCUT2D eigenvalue weighted by atomic mass is 9.65. The van der Waals surface area contributed by atoms with Gasteiger partial charge in [0.2, 0.25) is 0 Å². The van der Waals surface area contributed by atoms with Gasteiger partial charge in [0.1, 0.15) is 0 Å². The third kappa shape index (κ3) is 9.57. The molecule has 17 aromatic carbocycles. The van der Waals surface area contributed by atoms with E-state index in [4.69, 9.17) is 26.3 Å². The second-order valence-electron chi connectivity index (χ2n) is 32.3. The predicted molar refractivity (Wildman–Crippen MR) is 498 cm³/mol. The number of benzene rings is 17. The van der Waals surface area contributed by atoms with Gasteiger partial charge in [-0.3, -0.25) is 0 Å². The van der Waals surface area contributed by atoms with Gasteiger partial charge in [0.25, 0.3) is 0 Å². The zero-order valence-electron chi connectivity index (χ0n) is 65.9. The molecule has 0 N–H and O–H groups in total. The molecule has 1 aliphatic heterocycles. The molecule has 0 bridgehead atoms. The largest absolute Gasteiger partial charge is 0.309 e. The van der Waals surface area contributed by atoms with Crippen molar-refractivity contribution in [3.63, 3.8) is 0 Å². The van der Waals surface area contributed by atoms with Crippen LogP contribution in [0.2, 0.25) is 0 Å². The highest BCUT2D eigenvalue weighted by Gasteiger charge is 2.52. The molecule has 125 heavy (non-hydrogen) atoms. The Morgan fingerprint density at radius 1 is 0.216 bits per heavy atom. The first kappa shape index (κ1) is 69.6. The number of hydrogen-bond donors (Lipinski definition) is 0. The summed E-state index contributed by atoms with van der Waals surface area (Å²) in [5, 5.41) is 52.7. The molecular weight excluding hydrogens is 1530 g/mol. The van der Waals surface area contributed by atoms with Gasteiger partial charge in [-0.15, -0.1) is 0 Å². The third-order valence-electron chi connectivity index (χ3n) is 26.2. The smallest absolute Gasteiger partial charge is 0.188 e. The molecule has 7 heterocycles. The highest BCUT2D eigenvalue weighted by atomic mass is 15.0. The lowest BCUT2D eigenvalue weighted by Gasteiger charge is -2.39. The van der Waals surface area contributed by atoms with Crippen molar-refractivity contribution in [2.45, 2.75) is 5.41 Å². The number of nitrogens with zero attached hydrogens (tertiary/aromatic N) is 14. The van der Waals surface area contributed by atoms with E-state index in [9.17, 15) is 21.0 Å². The summed E-state index contributed by atoms with van der Waals surface area (Å²) in [5.41, 5.74) is 29.6. The summed E-state index contributed by atoms with van der Waals surface area (Å²) >= 11 is 0. The fraction of sp³-hybridized carbons (Fsp3) is 0.00901. The fourth-order valence-corrected chi connectivity index (χ4v) is 21.1. The number of hydrogen-bond acceptors (Lipinski definition) is 4. The normalized spacial score (nSPS) is 13.1. The van der Waals surface area contributed by atoms with E-state index in [0.29, 0.717) is 45.0 Å². The number of para-hydroxylation sites is 4. The van der Waals surface area contributed by atoms with Crippen LogP contribution < -0.4 is 0 Å². The number of aromatic nitrogens is 6. The Kier molecular flexibility index (Phi) is 14.3. The Hall–Kier alpha value is -18.5. The van der Waals surface area contributed by atoms with Crippen molar-refractivity contribution in [1.82, 2.24) is 27.4 Å². The Morgan fingerprint density at radius 3 is 1.03 bits per heavy atom. The lowest BCUT2D eigenvalue weighted by Crippen LogP contribution is -2.33. The van der Waals surface area contributed by atoms with Crippen LogP contribution in [0.15, 0.2) is 328 Å². The monoisotopic (exact) mass is 1580 g/mol. The van der Waals surface area contributed by atoms with Gasteiger partial charge in [0.15, 0.2) is 22.7 Å². The first-order valence-corrected chi connectivity index (χ1v) is 40.8. The van der Waals surface area contributed by atoms with Crippen LogP contribution >= 0.6 is 0 Å². The molecule has 1 atom stereocenters. The average Bonchev–Trinajstić information content (AvgIpc) is 1.50. The van der Waals surface area contributed by atoms with E-state index in [1.54, 1.807) is 0 Å². The zero-order valence-corrected chi connectivity index (χ0v) is 65.9. The van der Waals surface area contributed by atoms with E-state index in [0.717, 1.165) is 221 Å². The molecule has 25 rings (SSSR count). The molecule has 0 fully saturated rings. The lowest BCUT2D eigenvalue weighted by molar-refractivity contribution is 0.749. The summed E-state index contributed by atoms with van der Waals surface area (Å²) in [6.45, 7) is 32.7. The highest BCUT2D eigenvalue weighted by Crippen LogP contribution is 2.63. The summed E-state index contributed by atoms with van der Waals surface area (Å²) < 4.78 is 13.8. The Bertz CT molecular complexity index is 8760. The van der Waals surface area contributed by atoms with Crippen molar-refractivity contribution >= 4 is 154 Å². The Labute approximate surface area is 712 Å². The summed E-state index contributed by atoms with van der Waals surface area (Å²) in [4.78, 5) is 15.6. The maximum atomic E-state index is 10.5. The van der Waals surface area contributed by atoms with Gasteiger partial charge in [-0.05, 0) is 290 Å². The SMILES string of the molecule is [C-]#[N+]c1ccc2c(c1)c1cc(C#N)ccc1n2-c1cc(-c2ccc3c(c2)c2cc4c(cc2n3-c2ccccc2)-c2ccc(-c3cc(-n5c6ccc(C#N)cc6c6cc([N+]#[C-])ccc65)cc(-n5c6ccc([N+]#[C-])cc6c6cc([N+]#[C-])ccc65)c3)cc2C42c3ccccc3-n3c4ccccc4c4cccc2c43)cc(-n2c3ccc(C#N)cc3c3cc(C#N)ccc32)c1. The summed E-state index contributed by atoms with van der Waals surface area (Å²) in [6, 6.07) is 123. The van der Waals surface area contributed by atoms with Crippen LogP contribution in [0.5, 0.6) is 0 Å². The molecule has 0 saturated carbocycles. The van der Waals surface area contributed by atoms with Crippen LogP contribution in [0.3, 0.4) is 0 Å². The Morgan fingerprint density at radius 2 is 0.568 bits per heavy atom. The minimum absolute atomic E-state index is 0.478. The van der Waals surface area contributed by atoms with Crippen LogP contribution in [0.4, 0.5) is 22.7 Å². The third-order valence-corrected chi connectivity index (χ3v) is 26.2. The van der Waals surface area contributed by atoms with Crippen molar-refractivity contribution in [2.75, 3.05) is 0 Å². The molecule has 1 unspecified atom stereocenters. The molecule has 1 aliphatic carbocycles. The second kappa shape index (κ2) is 25.7. The van der Waals surface area contributed by atoms with Gasteiger partial charge in [0.05, 0.1) is 150 Å². The molecule has 14 nitrogen and oxygen atoms in total. The molecule has 0 radical (unpaired) electrons. The number of fused-ring (bicyclic) bond motifs is 27. The van der Waals surface area contributed by atoms with Crippen molar-refractivity contribution < 1.29 is 0 Å². The minimum Gasteiger partial charge on any atom is -0.309 e. The van der Waals surface area contributed by atoms with Crippen LogP contribution in [0.25, 0.3) is 218 Å². The molecule has 568 valence electrons. The van der Waals surface area contributed by atoms with Crippen molar-refractivity contribution in [3.05, 3.63) is 418 Å². The maximum Gasteiger partial charge on any atom is 0.188 e. The van der Waals surface area contributed by atoms with E-state index in [-0.39, 0.29) is 0 Å². The molecule has 14 heteroatoms. The van der Waals surface area contributed by atoms with Gasteiger partial charge >= 0.3 is 0 Å². The number of nitriles is 4. The first-order chi connectivity index (χ1) is 61.5. The van der Waals surface area contributed by atoms with E-state index in [1.807, 2.05) is 146 Å². The zero-order chi connectivity index (χ0) is 83.5. The van der Waals surface area contributed by atoms with Gasteiger partial charge in [-0.25, -0.2) is 19.4 Å². The van der Waals surface area contributed by atoms with E-state index < -0.39 is 5.41 Å². The Balaban J connectivity index is 0.774. The molecule has 0 saturated heterocycles. The molecule has 2 aliphatic rings. The fourth-order valence-electron chi connectivity index (χ4n) is 21.1. The maximum absolute atomic E-state index is 10.5. The standard InChI is InChI=1S/C111H54N14/c1-116-71-27-37-104-89(51-71)86-43-65(61-114)23-34-101(86)122(104)77-46-69(45-76(55-77)121-99-32-21-63(59-112)41-84(99)85-42-64(60-113)22-33-100(85)121)67-26-36-103-88(49-67)93-57-97-83(58-109(93)120(103)75-13-6-5-7-14-75)80-31-25-68(50-96(80)111(97)94-17-9-11-20-108(94)125-98-19-10-8-15-81(98)82-16-12-18-95(111)110(82)125)70-47-78(123-102-35-24-66(62-115)44-87(102)90-52-72(117-2)28-38-105(90)123)56-79(48-70)124-106-39-29-73(118-3)53-91(106)92-54-74(119-4)30-40-107(92)124/h5-58H. The van der Waals surface area contributed by atoms with Crippen LogP contribution in [0, 0.1) is 71.6 Å². The van der Waals surface area contributed by atoms with Gasteiger partial charge in [-0.2, -0.15) is 21.0 Å². The summed E-state index contributed by atoms with van der Waals surface area (Å²) in [6.07, 6.45) is 0.